The van der Waals surface area contributed by atoms with Gasteiger partial charge >= 0.3 is 0 Å². The van der Waals surface area contributed by atoms with E-state index in [0.717, 1.165) is 44.4 Å². The van der Waals surface area contributed by atoms with Gasteiger partial charge in [-0.05, 0) is 37.0 Å². The highest BCUT2D eigenvalue weighted by atomic mass is 16.5. The second-order valence-corrected chi connectivity index (χ2v) is 7.28. The number of nitrogens with zero attached hydrogens (tertiary/aromatic N) is 2. The number of aliphatic hydroxyl groups excluding tert-OH is 1. The molecule has 0 amide bonds. The highest BCUT2D eigenvalue weighted by molar-refractivity contribution is 5.50. The first-order valence-electron chi connectivity index (χ1n) is 9.69. The Bertz CT molecular complexity index is 537. The first-order chi connectivity index (χ1) is 12.3. The van der Waals surface area contributed by atoms with E-state index in [0.29, 0.717) is 12.6 Å². The molecule has 2 fully saturated rings. The first kappa shape index (κ1) is 18.4. The molecule has 1 saturated heterocycles. The molecule has 1 aromatic carbocycles. The molecule has 4 nitrogen and oxygen atoms in total. The van der Waals surface area contributed by atoms with Crippen LogP contribution >= 0.6 is 0 Å². The fourth-order valence-electron chi connectivity index (χ4n) is 4.28. The third kappa shape index (κ3) is 5.06. The van der Waals surface area contributed by atoms with Crippen LogP contribution in [0.1, 0.15) is 37.7 Å². The number of piperazine rings is 1. The van der Waals surface area contributed by atoms with Gasteiger partial charge in [-0.1, -0.05) is 37.1 Å². The van der Waals surface area contributed by atoms with Crippen molar-refractivity contribution >= 4 is 6.08 Å². The molecule has 3 rings (SSSR count). The Hall–Kier alpha value is -1.36. The highest BCUT2D eigenvalue weighted by Crippen LogP contribution is 2.27. The monoisotopic (exact) mass is 344 g/mol. The number of rotatable bonds is 7. The van der Waals surface area contributed by atoms with Gasteiger partial charge in [-0.15, -0.1) is 0 Å². The van der Waals surface area contributed by atoms with Crippen molar-refractivity contribution < 1.29 is 9.84 Å². The van der Waals surface area contributed by atoms with Crippen molar-refractivity contribution in [1.29, 1.82) is 0 Å². The topological polar surface area (TPSA) is 35.9 Å². The smallest absolute Gasteiger partial charge is 0.118 e. The number of methoxy groups -OCH3 is 1. The standard InChI is InChI=1S/C21H32N2O2/c1-25-21-10-8-18(9-11-21)5-4-13-22-14-15-23(19-6-2-3-7-19)20(17-22)12-16-24/h4-5,8-11,19-20,24H,2-3,6-7,12-17H2,1H3/b5-4+. The summed E-state index contributed by atoms with van der Waals surface area (Å²) in [6, 6.07) is 9.43. The molecular weight excluding hydrogens is 312 g/mol. The summed E-state index contributed by atoms with van der Waals surface area (Å²) in [5.41, 5.74) is 1.21. The van der Waals surface area contributed by atoms with Crippen molar-refractivity contribution in [3.05, 3.63) is 35.9 Å². The van der Waals surface area contributed by atoms with Crippen molar-refractivity contribution in [3.8, 4) is 5.75 Å². The van der Waals surface area contributed by atoms with Gasteiger partial charge in [-0.3, -0.25) is 9.80 Å². The Morgan fingerprint density at radius 1 is 1.16 bits per heavy atom. The number of ether oxygens (including phenoxy) is 1. The van der Waals surface area contributed by atoms with Crippen molar-refractivity contribution in [2.24, 2.45) is 0 Å². The van der Waals surface area contributed by atoms with E-state index in [4.69, 9.17) is 4.74 Å². The largest absolute Gasteiger partial charge is 0.497 e. The van der Waals surface area contributed by atoms with Crippen molar-refractivity contribution in [3.63, 3.8) is 0 Å². The molecule has 1 heterocycles. The Morgan fingerprint density at radius 3 is 2.60 bits per heavy atom. The lowest BCUT2D eigenvalue weighted by Crippen LogP contribution is -2.56. The number of aliphatic hydroxyl groups is 1. The average Bonchev–Trinajstić information content (AvgIpc) is 3.17. The Morgan fingerprint density at radius 2 is 1.92 bits per heavy atom. The fraction of sp³-hybridized carbons (Fsp3) is 0.619. The van der Waals surface area contributed by atoms with Crippen LogP contribution in [0.4, 0.5) is 0 Å². The minimum Gasteiger partial charge on any atom is -0.497 e. The van der Waals surface area contributed by atoms with E-state index in [-0.39, 0.29) is 0 Å². The summed E-state index contributed by atoms with van der Waals surface area (Å²) in [7, 11) is 1.69. The van der Waals surface area contributed by atoms with E-state index in [1.165, 1.54) is 31.2 Å². The van der Waals surface area contributed by atoms with Gasteiger partial charge in [-0.2, -0.15) is 0 Å². The van der Waals surface area contributed by atoms with Crippen LogP contribution in [0.2, 0.25) is 0 Å². The van der Waals surface area contributed by atoms with E-state index in [1.807, 2.05) is 12.1 Å². The quantitative estimate of drug-likeness (QED) is 0.825. The molecule has 0 spiro atoms. The summed E-state index contributed by atoms with van der Waals surface area (Å²) >= 11 is 0. The van der Waals surface area contributed by atoms with Crippen LogP contribution in [0, 0.1) is 0 Å². The van der Waals surface area contributed by atoms with Crippen LogP contribution in [0.15, 0.2) is 30.3 Å². The zero-order chi connectivity index (χ0) is 17.5. The molecule has 1 aliphatic heterocycles. The highest BCUT2D eigenvalue weighted by Gasteiger charge is 2.32. The summed E-state index contributed by atoms with van der Waals surface area (Å²) in [5.74, 6) is 0.895. The van der Waals surface area contributed by atoms with E-state index < -0.39 is 0 Å². The molecule has 2 aliphatic rings. The maximum atomic E-state index is 9.46. The normalized spacial score (nSPS) is 23.5. The van der Waals surface area contributed by atoms with Gasteiger partial charge in [0.1, 0.15) is 5.75 Å². The molecule has 1 N–H and O–H groups in total. The van der Waals surface area contributed by atoms with Gasteiger partial charge in [0.2, 0.25) is 0 Å². The third-order valence-electron chi connectivity index (χ3n) is 5.66. The summed E-state index contributed by atoms with van der Waals surface area (Å²) in [6.45, 7) is 4.62. The van der Waals surface area contributed by atoms with Crippen LogP contribution in [0.3, 0.4) is 0 Å². The molecule has 1 aliphatic carbocycles. The maximum Gasteiger partial charge on any atom is 0.118 e. The van der Waals surface area contributed by atoms with Crippen LogP contribution in [-0.2, 0) is 0 Å². The summed E-state index contributed by atoms with van der Waals surface area (Å²) < 4.78 is 5.20. The fourth-order valence-corrected chi connectivity index (χ4v) is 4.28. The molecule has 1 saturated carbocycles. The molecule has 0 radical (unpaired) electrons. The van der Waals surface area contributed by atoms with Crippen LogP contribution in [0.5, 0.6) is 5.75 Å². The molecular formula is C21H32N2O2. The van der Waals surface area contributed by atoms with E-state index in [9.17, 15) is 5.11 Å². The zero-order valence-electron chi connectivity index (χ0n) is 15.4. The predicted octanol–water partition coefficient (Wildman–Crippen LogP) is 3.02. The lowest BCUT2D eigenvalue weighted by atomic mass is 10.0. The molecule has 1 aromatic rings. The second-order valence-electron chi connectivity index (χ2n) is 7.28. The lowest BCUT2D eigenvalue weighted by Gasteiger charge is -2.44. The van der Waals surface area contributed by atoms with Gasteiger partial charge in [0.05, 0.1) is 7.11 Å². The third-order valence-corrected chi connectivity index (χ3v) is 5.66. The van der Waals surface area contributed by atoms with Gasteiger partial charge in [-0.25, -0.2) is 0 Å². The van der Waals surface area contributed by atoms with E-state index >= 15 is 0 Å². The van der Waals surface area contributed by atoms with Crippen molar-refractivity contribution in [1.82, 2.24) is 9.80 Å². The SMILES string of the molecule is COc1ccc(/C=C/CN2CCN(C3CCCC3)C(CCO)C2)cc1. The van der Waals surface area contributed by atoms with Crippen molar-refractivity contribution in [2.75, 3.05) is 39.9 Å². The predicted molar refractivity (Wildman–Crippen MR) is 103 cm³/mol. The second kappa shape index (κ2) is 9.37. The summed E-state index contributed by atoms with van der Waals surface area (Å²) in [6.07, 6.45) is 10.8. The minimum atomic E-state index is 0.295. The zero-order valence-corrected chi connectivity index (χ0v) is 15.4. The molecule has 138 valence electrons. The maximum absolute atomic E-state index is 9.46. The Balaban J connectivity index is 1.51. The Labute approximate surface area is 152 Å². The molecule has 0 bridgehead atoms. The minimum absolute atomic E-state index is 0.295. The lowest BCUT2D eigenvalue weighted by molar-refractivity contribution is 0.0347. The molecule has 1 atom stereocenters. The Kier molecular flexibility index (Phi) is 6.91. The molecule has 0 aromatic heterocycles. The number of hydrogen-bond acceptors (Lipinski definition) is 4. The first-order valence-corrected chi connectivity index (χ1v) is 9.69. The van der Waals surface area contributed by atoms with E-state index in [2.05, 4.69) is 34.1 Å². The number of hydrogen-bond donors (Lipinski definition) is 1. The van der Waals surface area contributed by atoms with Gasteiger partial charge in [0.25, 0.3) is 0 Å². The van der Waals surface area contributed by atoms with Crippen LogP contribution in [0.25, 0.3) is 6.08 Å². The van der Waals surface area contributed by atoms with Gasteiger partial charge in [0, 0.05) is 44.9 Å². The molecule has 25 heavy (non-hydrogen) atoms. The van der Waals surface area contributed by atoms with Crippen LogP contribution < -0.4 is 4.74 Å². The van der Waals surface area contributed by atoms with Crippen LogP contribution in [-0.4, -0.2) is 66.9 Å². The molecule has 1 unspecified atom stereocenters. The summed E-state index contributed by atoms with van der Waals surface area (Å²) in [4.78, 5) is 5.21. The van der Waals surface area contributed by atoms with Crippen molar-refractivity contribution in [2.45, 2.75) is 44.2 Å². The van der Waals surface area contributed by atoms with E-state index in [1.54, 1.807) is 7.11 Å². The van der Waals surface area contributed by atoms with Gasteiger partial charge in [0.15, 0.2) is 0 Å². The van der Waals surface area contributed by atoms with Gasteiger partial charge < -0.3 is 9.84 Å². The number of benzene rings is 1. The summed E-state index contributed by atoms with van der Waals surface area (Å²) in [5, 5.41) is 9.46. The molecule has 4 heteroatoms. The average molecular weight is 344 g/mol.